The number of carbonyl (C=O) groups excluding carboxylic acids is 1. The largest absolute Gasteiger partial charge is 1.00 e. The van der Waals surface area contributed by atoms with E-state index in [9.17, 15) is 22.9 Å². The minimum Gasteiger partial charge on any atom is -0.744 e. The molecule has 0 saturated heterocycles. The van der Waals surface area contributed by atoms with E-state index >= 15 is 0 Å². The van der Waals surface area contributed by atoms with Gasteiger partial charge in [0.2, 0.25) is 5.91 Å². The molecule has 3 rings (SSSR count). The molecule has 0 spiro atoms. The van der Waals surface area contributed by atoms with Crippen molar-refractivity contribution in [2.45, 2.75) is 11.8 Å². The Kier molecular flexibility index (Phi) is 6.98. The molecule has 0 bridgehead atoms. The van der Waals surface area contributed by atoms with Crippen LogP contribution in [0.3, 0.4) is 0 Å². The molecule has 0 aliphatic carbocycles. The normalized spacial score (nSPS) is 11.4. The van der Waals surface area contributed by atoms with Gasteiger partial charge < -0.3 is 20.7 Å². The summed E-state index contributed by atoms with van der Waals surface area (Å²) in [4.78, 5) is 10.5. The SMILES string of the molecule is CC(=O)Nc1ccc(N=Nc2ccc3c(S(=O)(=O)[O-])ccc(O)c3c2N)cc1.[Na+]. The predicted molar refractivity (Wildman–Crippen MR) is 103 cm³/mol. The zero-order valence-electron chi connectivity index (χ0n) is 15.6. The number of hydrogen-bond donors (Lipinski definition) is 3. The quantitative estimate of drug-likeness (QED) is 0.239. The summed E-state index contributed by atoms with van der Waals surface area (Å²) in [6.07, 6.45) is 0. The van der Waals surface area contributed by atoms with E-state index in [1.54, 1.807) is 24.3 Å². The summed E-state index contributed by atoms with van der Waals surface area (Å²) in [6.45, 7) is 1.40. The number of anilines is 2. The molecule has 3 aromatic rings. The number of hydrogen-bond acceptors (Lipinski definition) is 8. The molecule has 3 aromatic carbocycles. The second-order valence-corrected chi connectivity index (χ2v) is 7.23. The third-order valence-corrected chi connectivity index (χ3v) is 4.76. The van der Waals surface area contributed by atoms with Crippen molar-refractivity contribution in [1.82, 2.24) is 0 Å². The van der Waals surface area contributed by atoms with Crippen molar-refractivity contribution in [2.75, 3.05) is 11.1 Å². The van der Waals surface area contributed by atoms with Gasteiger partial charge in [-0.05, 0) is 42.5 Å². The van der Waals surface area contributed by atoms with Gasteiger partial charge >= 0.3 is 29.6 Å². The molecular weight excluding hydrogens is 407 g/mol. The number of carbonyl (C=O) groups is 1. The van der Waals surface area contributed by atoms with Gasteiger partial charge in [0.1, 0.15) is 21.6 Å². The number of phenols is 1. The average molecular weight is 422 g/mol. The molecule has 29 heavy (non-hydrogen) atoms. The van der Waals surface area contributed by atoms with Crippen molar-refractivity contribution < 1.29 is 52.4 Å². The van der Waals surface area contributed by atoms with Crippen molar-refractivity contribution in [2.24, 2.45) is 10.2 Å². The van der Waals surface area contributed by atoms with E-state index in [1.807, 2.05) is 0 Å². The molecule has 0 unspecified atom stereocenters. The third-order valence-electron chi connectivity index (χ3n) is 3.87. The molecule has 0 radical (unpaired) electrons. The average Bonchev–Trinajstić information content (AvgIpc) is 2.61. The minimum absolute atomic E-state index is 0. The number of benzene rings is 3. The number of nitrogen functional groups attached to an aromatic ring is 1. The van der Waals surface area contributed by atoms with Crippen LogP contribution in [-0.4, -0.2) is 24.0 Å². The Morgan fingerprint density at radius 2 is 1.72 bits per heavy atom. The summed E-state index contributed by atoms with van der Waals surface area (Å²) in [5.74, 6) is -0.478. The summed E-state index contributed by atoms with van der Waals surface area (Å²) < 4.78 is 34.2. The minimum atomic E-state index is -4.74. The predicted octanol–water partition coefficient (Wildman–Crippen LogP) is 0.409. The van der Waals surface area contributed by atoms with Gasteiger partial charge in [0.05, 0.1) is 21.7 Å². The number of fused-ring (bicyclic) bond motifs is 1. The summed E-state index contributed by atoms with van der Waals surface area (Å²) in [5, 5.41) is 20.8. The van der Waals surface area contributed by atoms with Crippen LogP contribution in [0.2, 0.25) is 0 Å². The molecule has 0 saturated carbocycles. The van der Waals surface area contributed by atoms with Crippen molar-refractivity contribution in [3.63, 3.8) is 0 Å². The first-order valence-electron chi connectivity index (χ1n) is 7.96. The second-order valence-electron chi connectivity index (χ2n) is 5.89. The van der Waals surface area contributed by atoms with Crippen LogP contribution in [0.4, 0.5) is 22.7 Å². The number of phenolic OH excluding ortho intramolecular Hbond substituents is 1. The van der Waals surface area contributed by atoms with Gasteiger partial charge in [0, 0.05) is 18.0 Å². The number of nitrogens with zero attached hydrogens (tertiary/aromatic N) is 2. The topological polar surface area (TPSA) is 157 Å². The smallest absolute Gasteiger partial charge is 0.744 e. The van der Waals surface area contributed by atoms with Crippen molar-refractivity contribution in [3.8, 4) is 5.75 Å². The van der Waals surface area contributed by atoms with E-state index in [4.69, 9.17) is 5.73 Å². The molecule has 0 fully saturated rings. The maximum atomic E-state index is 11.4. The van der Waals surface area contributed by atoms with E-state index in [2.05, 4.69) is 15.5 Å². The Morgan fingerprint density at radius 1 is 1.07 bits per heavy atom. The monoisotopic (exact) mass is 422 g/mol. The van der Waals surface area contributed by atoms with Crippen LogP contribution in [0.1, 0.15) is 6.92 Å². The van der Waals surface area contributed by atoms with Gasteiger partial charge in [0.25, 0.3) is 0 Å². The van der Waals surface area contributed by atoms with Gasteiger partial charge in [0.15, 0.2) is 0 Å². The number of aromatic hydroxyl groups is 1. The standard InChI is InChI=1S/C18H16N4O5S.Na/c1-10(23)20-11-2-4-12(5-3-11)21-22-14-7-6-13-16(28(25,26)27)9-8-15(24)17(13)18(14)19;/h2-9,24H,19H2,1H3,(H,20,23)(H,25,26,27);/q;+1/p-1. The maximum Gasteiger partial charge on any atom is 1.00 e. The molecule has 0 heterocycles. The van der Waals surface area contributed by atoms with Crippen molar-refractivity contribution in [1.29, 1.82) is 0 Å². The van der Waals surface area contributed by atoms with Gasteiger partial charge in [-0.3, -0.25) is 4.79 Å². The van der Waals surface area contributed by atoms with Crippen molar-refractivity contribution >= 4 is 49.5 Å². The molecule has 1 amide bonds. The molecule has 4 N–H and O–H groups in total. The molecule has 0 aromatic heterocycles. The van der Waals surface area contributed by atoms with Crippen LogP contribution < -0.4 is 40.6 Å². The summed E-state index contributed by atoms with van der Waals surface area (Å²) in [7, 11) is -4.74. The molecule has 144 valence electrons. The first kappa shape index (κ1) is 22.8. The fourth-order valence-electron chi connectivity index (χ4n) is 2.65. The van der Waals surface area contributed by atoms with E-state index in [0.29, 0.717) is 11.4 Å². The van der Waals surface area contributed by atoms with E-state index in [0.717, 1.165) is 12.1 Å². The van der Waals surface area contributed by atoms with Gasteiger partial charge in [-0.25, -0.2) is 8.42 Å². The maximum absolute atomic E-state index is 11.4. The van der Waals surface area contributed by atoms with E-state index < -0.39 is 15.0 Å². The fourth-order valence-corrected chi connectivity index (χ4v) is 3.32. The molecule has 0 aliphatic heterocycles. The van der Waals surface area contributed by atoms with Crippen molar-refractivity contribution in [3.05, 3.63) is 48.5 Å². The van der Waals surface area contributed by atoms with Crippen LogP contribution >= 0.6 is 0 Å². The van der Waals surface area contributed by atoms with E-state index in [1.165, 1.54) is 19.1 Å². The van der Waals surface area contributed by atoms with Crippen LogP contribution in [0.5, 0.6) is 5.75 Å². The van der Waals surface area contributed by atoms with Crippen LogP contribution in [0.15, 0.2) is 63.7 Å². The first-order chi connectivity index (χ1) is 13.2. The second kappa shape index (κ2) is 8.89. The molecule has 11 heteroatoms. The Hall–Kier alpha value is -2.50. The molecule has 9 nitrogen and oxygen atoms in total. The van der Waals surface area contributed by atoms with Crippen LogP contribution in [-0.2, 0) is 14.9 Å². The first-order valence-corrected chi connectivity index (χ1v) is 9.37. The van der Waals surface area contributed by atoms with E-state index in [-0.39, 0.29) is 63.4 Å². The number of azo groups is 1. The molecular formula is C18H15N4NaO5S. The Labute approximate surface area is 188 Å². The fraction of sp³-hybridized carbons (Fsp3) is 0.0556. The number of nitrogens with two attached hydrogens (primary N) is 1. The van der Waals surface area contributed by atoms with Gasteiger partial charge in [-0.1, -0.05) is 6.07 Å². The van der Waals surface area contributed by atoms with Crippen LogP contribution in [0.25, 0.3) is 10.8 Å². The van der Waals surface area contributed by atoms with Gasteiger partial charge in [-0.2, -0.15) is 5.11 Å². The summed E-state index contributed by atoms with van der Waals surface area (Å²) in [6, 6.07) is 11.4. The third kappa shape index (κ3) is 5.11. The Morgan fingerprint density at radius 3 is 2.31 bits per heavy atom. The summed E-state index contributed by atoms with van der Waals surface area (Å²) in [5.41, 5.74) is 7.28. The molecule has 0 aliphatic rings. The Balaban J connectivity index is 0.00000300. The Bertz CT molecular complexity index is 1210. The van der Waals surface area contributed by atoms with Crippen LogP contribution in [0, 0.1) is 0 Å². The number of rotatable bonds is 4. The summed E-state index contributed by atoms with van der Waals surface area (Å²) >= 11 is 0. The number of amides is 1. The number of nitrogens with one attached hydrogen (secondary N) is 1. The molecule has 0 atom stereocenters. The van der Waals surface area contributed by atoms with Gasteiger partial charge in [-0.15, -0.1) is 5.11 Å². The zero-order valence-corrected chi connectivity index (χ0v) is 18.4. The zero-order chi connectivity index (χ0) is 20.5.